The van der Waals surface area contributed by atoms with Gasteiger partial charge in [-0.05, 0) is 62.4 Å². The van der Waals surface area contributed by atoms with Crippen LogP contribution in [0.2, 0.25) is 0 Å². The maximum Gasteiger partial charge on any atom is 0.262 e. The normalized spacial score (nSPS) is 18.5. The fourth-order valence-corrected chi connectivity index (χ4v) is 6.85. The van der Waals surface area contributed by atoms with Gasteiger partial charge in [0.05, 0.1) is 40.2 Å². The number of carbonyl (C=O) groups is 1. The van der Waals surface area contributed by atoms with Crippen molar-refractivity contribution < 1.29 is 35.9 Å². The van der Waals surface area contributed by atoms with Crippen molar-refractivity contribution in [3.05, 3.63) is 83.7 Å². The fraction of sp³-hybridized carbons (Fsp3) is 0.345. The van der Waals surface area contributed by atoms with Crippen molar-refractivity contribution in [1.29, 1.82) is 0 Å². The molecule has 0 unspecified atom stereocenters. The highest BCUT2D eigenvalue weighted by atomic mass is 32.2. The van der Waals surface area contributed by atoms with Crippen molar-refractivity contribution in [1.82, 2.24) is 9.21 Å². The van der Waals surface area contributed by atoms with Crippen LogP contribution in [0.25, 0.3) is 0 Å². The molecular formula is C29H34FN3O7S2. The second-order valence-corrected chi connectivity index (χ2v) is 14.2. The molecule has 1 amide bonds. The molecule has 0 saturated heterocycles. The number of aliphatic hydroxyl groups is 1. The lowest BCUT2D eigenvalue weighted by atomic mass is 9.99. The van der Waals surface area contributed by atoms with Crippen LogP contribution in [0.1, 0.15) is 29.8 Å². The summed E-state index contributed by atoms with van der Waals surface area (Å²) in [5, 5.41) is 9.89. The first-order valence-corrected chi connectivity index (χ1v) is 16.2. The van der Waals surface area contributed by atoms with Gasteiger partial charge in [0.2, 0.25) is 10.0 Å². The van der Waals surface area contributed by atoms with E-state index in [2.05, 4.69) is 4.72 Å². The maximum atomic E-state index is 13.7. The quantitative estimate of drug-likeness (QED) is 0.375. The highest BCUT2D eigenvalue weighted by molar-refractivity contribution is 7.92. The molecule has 2 N–H and O–H groups in total. The summed E-state index contributed by atoms with van der Waals surface area (Å²) in [5.41, 5.74) is 0.934. The smallest absolute Gasteiger partial charge is 0.262 e. The molecule has 0 saturated carbocycles. The lowest BCUT2D eigenvalue weighted by Crippen LogP contribution is -2.50. The van der Waals surface area contributed by atoms with Gasteiger partial charge in [-0.2, -0.15) is 4.31 Å². The SMILES string of the molecule is Cc1ccc(S(=O)(=O)Nc2cccc3c2O[C@@H](CN(C)S(=O)(=O)c2ccc(F)cc2)[C@H](C)CN([C@@H](C)CO)C3=O)cc1. The van der Waals surface area contributed by atoms with Crippen molar-refractivity contribution in [3.8, 4) is 5.75 Å². The van der Waals surface area contributed by atoms with E-state index in [0.717, 1.165) is 22.0 Å². The Balaban J connectivity index is 1.76. The molecule has 42 heavy (non-hydrogen) atoms. The monoisotopic (exact) mass is 619 g/mol. The number of likely N-dealkylation sites (N-methyl/N-ethyl adjacent to an activating group) is 1. The summed E-state index contributed by atoms with van der Waals surface area (Å²) >= 11 is 0. The minimum atomic E-state index is -4.09. The van der Waals surface area contributed by atoms with Crippen LogP contribution in [0.3, 0.4) is 0 Å². The minimum Gasteiger partial charge on any atom is -0.486 e. The average molecular weight is 620 g/mol. The van der Waals surface area contributed by atoms with E-state index in [1.54, 1.807) is 26.0 Å². The van der Waals surface area contributed by atoms with E-state index < -0.39 is 49.8 Å². The second-order valence-electron chi connectivity index (χ2n) is 10.5. The molecule has 0 aliphatic carbocycles. The van der Waals surface area contributed by atoms with Crippen LogP contribution in [0, 0.1) is 18.7 Å². The van der Waals surface area contributed by atoms with Gasteiger partial charge in [0.25, 0.3) is 15.9 Å². The summed E-state index contributed by atoms with van der Waals surface area (Å²) in [6.07, 6.45) is -0.851. The lowest BCUT2D eigenvalue weighted by Gasteiger charge is -2.38. The Morgan fingerprint density at radius 1 is 1.05 bits per heavy atom. The van der Waals surface area contributed by atoms with Gasteiger partial charge < -0.3 is 14.7 Å². The predicted molar refractivity (Wildman–Crippen MR) is 156 cm³/mol. The molecule has 4 rings (SSSR count). The molecule has 226 valence electrons. The van der Waals surface area contributed by atoms with E-state index in [1.807, 2.05) is 6.92 Å². The number of fused-ring (bicyclic) bond motifs is 1. The third-order valence-electron chi connectivity index (χ3n) is 7.23. The molecular weight excluding hydrogens is 585 g/mol. The van der Waals surface area contributed by atoms with Crippen molar-refractivity contribution in [2.45, 2.75) is 42.7 Å². The Labute approximate surface area is 245 Å². The number of amides is 1. The molecule has 3 aromatic carbocycles. The first-order valence-electron chi connectivity index (χ1n) is 13.3. The first kappa shape index (κ1) is 31.4. The van der Waals surface area contributed by atoms with E-state index >= 15 is 0 Å². The summed E-state index contributed by atoms with van der Waals surface area (Å²) in [6, 6.07) is 14.6. The van der Waals surface area contributed by atoms with Gasteiger partial charge in [0, 0.05) is 19.5 Å². The Kier molecular flexibility index (Phi) is 9.26. The number of ether oxygens (including phenoxy) is 1. The molecule has 10 nitrogen and oxygen atoms in total. The summed E-state index contributed by atoms with van der Waals surface area (Å²) < 4.78 is 76.5. The van der Waals surface area contributed by atoms with Gasteiger partial charge in [-0.1, -0.05) is 30.7 Å². The van der Waals surface area contributed by atoms with Gasteiger partial charge in [-0.3, -0.25) is 9.52 Å². The molecule has 0 spiro atoms. The largest absolute Gasteiger partial charge is 0.486 e. The molecule has 1 aliphatic rings. The number of sulfonamides is 2. The van der Waals surface area contributed by atoms with Gasteiger partial charge in [0.1, 0.15) is 11.9 Å². The zero-order chi connectivity index (χ0) is 30.8. The van der Waals surface area contributed by atoms with Crippen LogP contribution in [0.5, 0.6) is 5.75 Å². The molecule has 1 aliphatic heterocycles. The molecule has 3 aromatic rings. The number of benzene rings is 3. The Hall–Kier alpha value is -3.52. The molecule has 0 bridgehead atoms. The highest BCUT2D eigenvalue weighted by Crippen LogP contribution is 2.36. The number of halogens is 1. The minimum absolute atomic E-state index is 0.00108. The average Bonchev–Trinajstić information content (AvgIpc) is 2.95. The van der Waals surface area contributed by atoms with Crippen molar-refractivity contribution in [2.75, 3.05) is 31.5 Å². The van der Waals surface area contributed by atoms with Gasteiger partial charge in [-0.15, -0.1) is 0 Å². The lowest BCUT2D eigenvalue weighted by molar-refractivity contribution is 0.0389. The molecule has 3 atom stereocenters. The number of rotatable bonds is 9. The van der Waals surface area contributed by atoms with Crippen LogP contribution in [-0.2, 0) is 20.0 Å². The Bertz CT molecular complexity index is 1650. The standard InChI is InChI=1S/C29H34FN3O7S2/c1-19-8-12-23(13-9-19)41(36,37)31-26-7-5-6-25-28(26)40-27(20(2)16-33(29(25)35)21(3)18-34)17-32(4)42(38,39)24-14-10-22(30)11-15-24/h5-15,20-21,27,31,34H,16-18H2,1-4H3/t20-,21+,27+/m1/s1. The number of para-hydroxylation sites is 1. The zero-order valence-electron chi connectivity index (χ0n) is 23.7. The number of nitrogens with zero attached hydrogens (tertiary/aromatic N) is 2. The van der Waals surface area contributed by atoms with E-state index in [0.29, 0.717) is 0 Å². The Morgan fingerprint density at radius 3 is 2.29 bits per heavy atom. The molecule has 0 aromatic heterocycles. The summed E-state index contributed by atoms with van der Waals surface area (Å²) in [6.45, 7) is 4.92. The van der Waals surface area contributed by atoms with Gasteiger partial charge in [-0.25, -0.2) is 21.2 Å². The molecule has 0 radical (unpaired) electrons. The van der Waals surface area contributed by atoms with E-state index in [-0.39, 0.29) is 46.5 Å². The topological polar surface area (TPSA) is 133 Å². The summed E-state index contributed by atoms with van der Waals surface area (Å²) in [4.78, 5) is 15.0. The van der Waals surface area contributed by atoms with Crippen LogP contribution in [-0.4, -0.2) is 75.9 Å². The fourth-order valence-electron chi connectivity index (χ4n) is 4.60. The van der Waals surface area contributed by atoms with Gasteiger partial charge in [0.15, 0.2) is 5.75 Å². The number of hydrogen-bond donors (Lipinski definition) is 2. The third-order valence-corrected chi connectivity index (χ3v) is 10.4. The molecule has 1 heterocycles. The summed E-state index contributed by atoms with van der Waals surface area (Å²) in [7, 11) is -6.77. The zero-order valence-corrected chi connectivity index (χ0v) is 25.3. The number of nitrogens with one attached hydrogen (secondary N) is 1. The third kappa shape index (κ3) is 6.59. The number of hydrogen-bond acceptors (Lipinski definition) is 7. The maximum absolute atomic E-state index is 13.7. The Morgan fingerprint density at radius 2 is 1.67 bits per heavy atom. The highest BCUT2D eigenvalue weighted by Gasteiger charge is 2.36. The number of aliphatic hydroxyl groups excluding tert-OH is 1. The van der Waals surface area contributed by atoms with Crippen LogP contribution >= 0.6 is 0 Å². The number of aryl methyl sites for hydroxylation is 1. The van der Waals surface area contributed by atoms with Crippen molar-refractivity contribution in [3.63, 3.8) is 0 Å². The second kappa shape index (κ2) is 12.4. The predicted octanol–water partition coefficient (Wildman–Crippen LogP) is 3.48. The van der Waals surface area contributed by atoms with Crippen LogP contribution in [0.4, 0.5) is 10.1 Å². The van der Waals surface area contributed by atoms with Gasteiger partial charge >= 0.3 is 0 Å². The molecule has 0 fully saturated rings. The van der Waals surface area contributed by atoms with Crippen LogP contribution in [0.15, 0.2) is 76.5 Å². The first-order chi connectivity index (χ1) is 19.7. The van der Waals surface area contributed by atoms with E-state index in [1.165, 1.54) is 54.4 Å². The van der Waals surface area contributed by atoms with Crippen molar-refractivity contribution >= 4 is 31.6 Å². The summed E-state index contributed by atoms with van der Waals surface area (Å²) in [5.74, 6) is -1.56. The number of anilines is 1. The number of carbonyl (C=O) groups excluding carboxylic acids is 1. The van der Waals surface area contributed by atoms with E-state index in [4.69, 9.17) is 4.74 Å². The van der Waals surface area contributed by atoms with E-state index in [9.17, 15) is 31.1 Å². The molecule has 13 heteroatoms. The van der Waals surface area contributed by atoms with Crippen molar-refractivity contribution in [2.24, 2.45) is 5.92 Å². The van der Waals surface area contributed by atoms with Crippen LogP contribution < -0.4 is 9.46 Å².